The lowest BCUT2D eigenvalue weighted by Crippen LogP contribution is -2.54. The molecule has 0 aromatic heterocycles. The number of aryl methyl sites for hydroxylation is 2. The Morgan fingerprint density at radius 2 is 1.86 bits per heavy atom. The van der Waals surface area contributed by atoms with Gasteiger partial charge < -0.3 is 10.6 Å². The summed E-state index contributed by atoms with van der Waals surface area (Å²) < 4.78 is 0. The molecule has 1 saturated heterocycles. The third-order valence-corrected chi connectivity index (χ3v) is 4.53. The van der Waals surface area contributed by atoms with Crippen molar-refractivity contribution in [3.63, 3.8) is 0 Å². The molecule has 1 aliphatic rings. The highest BCUT2D eigenvalue weighted by molar-refractivity contribution is 7.80. The molecule has 2 N–H and O–H groups in total. The summed E-state index contributed by atoms with van der Waals surface area (Å²) in [6, 6.07) is 6.11. The topological polar surface area (TPSA) is 49.6 Å². The molecule has 114 valence electrons. The van der Waals surface area contributed by atoms with Gasteiger partial charge in [0.2, 0.25) is 0 Å². The molecule has 21 heavy (non-hydrogen) atoms. The Hall–Kier alpha value is -1.46. The van der Waals surface area contributed by atoms with Crippen LogP contribution < -0.4 is 5.73 Å². The van der Waals surface area contributed by atoms with Crippen LogP contribution in [0.15, 0.2) is 18.2 Å². The highest BCUT2D eigenvalue weighted by Gasteiger charge is 2.26. The fraction of sp³-hybridized carbons (Fsp3) is 0.500. The van der Waals surface area contributed by atoms with Crippen molar-refractivity contribution in [2.75, 3.05) is 26.2 Å². The van der Waals surface area contributed by atoms with Crippen molar-refractivity contribution in [3.8, 4) is 0 Å². The first kappa shape index (κ1) is 15.9. The average Bonchev–Trinajstić information content (AvgIpc) is 2.48. The van der Waals surface area contributed by atoms with Crippen LogP contribution in [0, 0.1) is 13.8 Å². The second kappa shape index (κ2) is 6.54. The Morgan fingerprint density at radius 1 is 1.24 bits per heavy atom. The number of thiocarbonyl (C=S) groups is 1. The molecule has 1 aromatic carbocycles. The van der Waals surface area contributed by atoms with E-state index < -0.39 is 0 Å². The van der Waals surface area contributed by atoms with E-state index in [4.69, 9.17) is 18.0 Å². The molecule has 1 heterocycles. The van der Waals surface area contributed by atoms with Crippen molar-refractivity contribution in [1.82, 2.24) is 9.80 Å². The van der Waals surface area contributed by atoms with Gasteiger partial charge in [-0.3, -0.25) is 9.69 Å². The molecule has 0 saturated carbocycles. The van der Waals surface area contributed by atoms with Crippen LogP contribution >= 0.6 is 12.2 Å². The standard InChI is InChI=1S/C16H23N3OS/c1-11-4-5-12(2)14(10-11)16(20)19-8-6-18(7-9-19)13(3)15(17)21/h4-5,10,13H,6-9H2,1-3H3,(H2,17,21). The number of piperazine rings is 1. The van der Waals surface area contributed by atoms with E-state index >= 15 is 0 Å². The van der Waals surface area contributed by atoms with Crippen molar-refractivity contribution in [2.24, 2.45) is 5.73 Å². The number of nitrogens with zero attached hydrogens (tertiary/aromatic N) is 2. The molecule has 1 aromatic rings. The molecule has 2 rings (SSSR count). The van der Waals surface area contributed by atoms with Crippen LogP contribution in [0.2, 0.25) is 0 Å². The number of benzene rings is 1. The predicted molar refractivity (Wildman–Crippen MR) is 89.6 cm³/mol. The Kier molecular flexibility index (Phi) is 4.96. The summed E-state index contributed by atoms with van der Waals surface area (Å²) in [5.41, 5.74) is 8.66. The first-order valence-electron chi connectivity index (χ1n) is 7.30. The maximum absolute atomic E-state index is 12.6. The number of rotatable bonds is 3. The lowest BCUT2D eigenvalue weighted by Gasteiger charge is -2.37. The number of carbonyl (C=O) groups excluding carboxylic acids is 1. The fourth-order valence-corrected chi connectivity index (χ4v) is 2.78. The van der Waals surface area contributed by atoms with E-state index in [1.54, 1.807) is 0 Å². The zero-order chi connectivity index (χ0) is 15.6. The molecule has 5 heteroatoms. The summed E-state index contributed by atoms with van der Waals surface area (Å²) in [4.78, 5) is 17.3. The maximum atomic E-state index is 12.6. The van der Waals surface area contributed by atoms with Gasteiger partial charge in [-0.15, -0.1) is 0 Å². The van der Waals surface area contributed by atoms with Crippen molar-refractivity contribution < 1.29 is 4.79 Å². The molecule has 0 bridgehead atoms. The van der Waals surface area contributed by atoms with E-state index in [1.165, 1.54) is 0 Å². The molecule has 0 radical (unpaired) electrons. The van der Waals surface area contributed by atoms with E-state index in [1.807, 2.05) is 43.9 Å². The van der Waals surface area contributed by atoms with E-state index in [9.17, 15) is 4.79 Å². The van der Waals surface area contributed by atoms with Gasteiger partial charge >= 0.3 is 0 Å². The van der Waals surface area contributed by atoms with E-state index in [0.29, 0.717) is 4.99 Å². The summed E-state index contributed by atoms with van der Waals surface area (Å²) in [7, 11) is 0. The minimum atomic E-state index is 0.0953. The van der Waals surface area contributed by atoms with Crippen LogP contribution in [0.25, 0.3) is 0 Å². The van der Waals surface area contributed by atoms with Gasteiger partial charge in [-0.2, -0.15) is 0 Å². The average molecular weight is 305 g/mol. The van der Waals surface area contributed by atoms with Crippen LogP contribution in [-0.4, -0.2) is 52.9 Å². The van der Waals surface area contributed by atoms with Gasteiger partial charge in [0.1, 0.15) is 0 Å². The van der Waals surface area contributed by atoms with Crippen molar-refractivity contribution >= 4 is 23.1 Å². The van der Waals surface area contributed by atoms with Crippen LogP contribution in [0.1, 0.15) is 28.4 Å². The van der Waals surface area contributed by atoms with Gasteiger partial charge in [0, 0.05) is 31.7 Å². The van der Waals surface area contributed by atoms with Crippen LogP contribution in [0.3, 0.4) is 0 Å². The lowest BCUT2D eigenvalue weighted by atomic mass is 10.0. The molecular formula is C16H23N3OS. The summed E-state index contributed by atoms with van der Waals surface area (Å²) in [5, 5.41) is 0. The second-order valence-corrected chi connectivity index (χ2v) is 6.20. The summed E-state index contributed by atoms with van der Waals surface area (Å²) in [5.74, 6) is 0.124. The SMILES string of the molecule is Cc1ccc(C)c(C(=O)N2CCN(C(C)C(N)=S)CC2)c1. The quantitative estimate of drug-likeness (QED) is 0.864. The minimum Gasteiger partial charge on any atom is -0.392 e. The predicted octanol–water partition coefficient (Wildman–Crippen LogP) is 1.74. The first-order chi connectivity index (χ1) is 9.90. The number of carbonyl (C=O) groups is 1. The van der Waals surface area contributed by atoms with E-state index in [-0.39, 0.29) is 11.9 Å². The van der Waals surface area contributed by atoms with Crippen molar-refractivity contribution in [2.45, 2.75) is 26.8 Å². The van der Waals surface area contributed by atoms with Gasteiger partial charge in [-0.1, -0.05) is 29.9 Å². The summed E-state index contributed by atoms with van der Waals surface area (Å²) >= 11 is 5.04. The zero-order valence-electron chi connectivity index (χ0n) is 12.9. The molecule has 4 nitrogen and oxygen atoms in total. The van der Waals surface area contributed by atoms with Crippen LogP contribution in [0.5, 0.6) is 0 Å². The number of nitrogens with two attached hydrogens (primary N) is 1. The van der Waals surface area contributed by atoms with Gasteiger partial charge in [0.25, 0.3) is 5.91 Å². The zero-order valence-corrected chi connectivity index (χ0v) is 13.7. The number of amides is 1. The summed E-state index contributed by atoms with van der Waals surface area (Å²) in [6.45, 7) is 9.09. The Balaban J connectivity index is 2.03. The molecule has 1 aliphatic heterocycles. The first-order valence-corrected chi connectivity index (χ1v) is 7.71. The molecule has 1 atom stereocenters. The minimum absolute atomic E-state index is 0.0953. The van der Waals surface area contributed by atoms with Gasteiger partial charge in [0.05, 0.1) is 11.0 Å². The molecule has 1 fully saturated rings. The second-order valence-electron chi connectivity index (χ2n) is 5.72. The highest BCUT2D eigenvalue weighted by atomic mass is 32.1. The normalized spacial score (nSPS) is 17.6. The van der Waals surface area contributed by atoms with Gasteiger partial charge in [-0.05, 0) is 32.4 Å². The van der Waals surface area contributed by atoms with Crippen LogP contribution in [-0.2, 0) is 0 Å². The lowest BCUT2D eigenvalue weighted by molar-refractivity contribution is 0.0621. The Bertz CT molecular complexity index is 550. The molecule has 0 aliphatic carbocycles. The number of hydrogen-bond donors (Lipinski definition) is 1. The third kappa shape index (κ3) is 3.60. The largest absolute Gasteiger partial charge is 0.392 e. The van der Waals surface area contributed by atoms with Crippen molar-refractivity contribution in [1.29, 1.82) is 0 Å². The summed E-state index contributed by atoms with van der Waals surface area (Å²) in [6.07, 6.45) is 0. The Labute approximate surface area is 131 Å². The number of hydrogen-bond acceptors (Lipinski definition) is 3. The highest BCUT2D eigenvalue weighted by Crippen LogP contribution is 2.15. The third-order valence-electron chi connectivity index (χ3n) is 4.18. The smallest absolute Gasteiger partial charge is 0.254 e. The van der Waals surface area contributed by atoms with Gasteiger partial charge in [0.15, 0.2) is 0 Å². The maximum Gasteiger partial charge on any atom is 0.254 e. The molecule has 1 unspecified atom stereocenters. The molecular weight excluding hydrogens is 282 g/mol. The van der Waals surface area contributed by atoms with E-state index in [2.05, 4.69) is 4.90 Å². The monoisotopic (exact) mass is 305 g/mol. The van der Waals surface area contributed by atoms with Crippen molar-refractivity contribution in [3.05, 3.63) is 34.9 Å². The fourth-order valence-electron chi connectivity index (χ4n) is 2.63. The van der Waals surface area contributed by atoms with Crippen LogP contribution in [0.4, 0.5) is 0 Å². The Morgan fingerprint density at radius 3 is 2.43 bits per heavy atom. The van der Waals surface area contributed by atoms with E-state index in [0.717, 1.165) is 42.9 Å². The van der Waals surface area contributed by atoms with Gasteiger partial charge in [-0.25, -0.2) is 0 Å². The molecule has 1 amide bonds. The molecule has 0 spiro atoms.